The number of hydrogen-bond acceptors (Lipinski definition) is 7. The number of hydrogen-bond donors (Lipinski definition) is 4. The van der Waals surface area contributed by atoms with Gasteiger partial charge >= 0.3 is 5.69 Å². The van der Waals surface area contributed by atoms with Gasteiger partial charge in [-0.3, -0.25) is 4.57 Å². The average Bonchev–Trinajstić information content (AvgIpc) is 2.70. The third-order valence-electron chi connectivity index (χ3n) is 2.93. The number of aliphatic hydroxyl groups excluding tert-OH is 3. The summed E-state index contributed by atoms with van der Waals surface area (Å²) in [6.07, 6.45) is -0.772. The molecular weight excluding hydrogens is 249 g/mol. The Kier molecular flexibility index (Phi) is 3.62. The summed E-state index contributed by atoms with van der Waals surface area (Å²) in [4.78, 5) is 15.2. The van der Waals surface area contributed by atoms with Crippen LogP contribution in [0.2, 0.25) is 0 Å². The predicted octanol–water partition coefficient (Wildman–Crippen LogP) is -2.04. The van der Waals surface area contributed by atoms with E-state index in [-0.39, 0.29) is 25.5 Å². The second kappa shape index (κ2) is 5.02. The molecule has 8 nitrogen and oxygen atoms in total. The van der Waals surface area contributed by atoms with Crippen LogP contribution in [0.1, 0.15) is 18.2 Å². The van der Waals surface area contributed by atoms with Crippen LogP contribution in [0.25, 0.3) is 0 Å². The van der Waals surface area contributed by atoms with Crippen LogP contribution >= 0.6 is 0 Å². The van der Waals surface area contributed by atoms with Crippen molar-refractivity contribution in [3.05, 3.63) is 22.2 Å². The number of aromatic nitrogens is 2. The maximum Gasteiger partial charge on any atom is 0.351 e. The molecule has 8 heteroatoms. The van der Waals surface area contributed by atoms with Crippen molar-refractivity contribution in [2.45, 2.75) is 31.5 Å². The van der Waals surface area contributed by atoms with Crippen molar-refractivity contribution in [1.82, 2.24) is 9.55 Å². The minimum absolute atomic E-state index is 0.0315. The van der Waals surface area contributed by atoms with E-state index >= 15 is 0 Å². The third kappa shape index (κ3) is 2.23. The first-order chi connectivity index (χ1) is 8.56. The highest BCUT2D eigenvalue weighted by molar-refractivity contribution is 5.36. The summed E-state index contributed by atoms with van der Waals surface area (Å²) in [6, 6.07) is 0. The Morgan fingerprint density at radius 3 is 2.83 bits per heavy atom. The first-order valence-electron chi connectivity index (χ1n) is 5.49. The molecule has 0 bridgehead atoms. The number of nitrogens with zero attached hydrogens (tertiary/aromatic N) is 2. The zero-order chi connectivity index (χ0) is 13.3. The van der Waals surface area contributed by atoms with Crippen LogP contribution in [0.15, 0.2) is 11.0 Å². The molecule has 1 fully saturated rings. The van der Waals surface area contributed by atoms with Crippen molar-refractivity contribution in [1.29, 1.82) is 0 Å². The molecule has 0 unspecified atom stereocenters. The number of ether oxygens (including phenoxy) is 1. The summed E-state index contributed by atoms with van der Waals surface area (Å²) in [5.74, 6) is -0.0315. The first kappa shape index (κ1) is 13.0. The Bertz CT molecular complexity index is 489. The monoisotopic (exact) mass is 264 g/mol. The number of nitrogen functional groups attached to an aromatic ring is 1. The summed E-state index contributed by atoms with van der Waals surface area (Å²) in [5.41, 5.74) is 5.15. The van der Waals surface area contributed by atoms with E-state index < -0.39 is 24.1 Å². The highest BCUT2D eigenvalue weighted by atomic mass is 16.8. The van der Waals surface area contributed by atoms with Crippen LogP contribution in [-0.4, -0.2) is 43.7 Å². The van der Waals surface area contributed by atoms with Crippen molar-refractivity contribution in [3.63, 3.8) is 0 Å². The van der Waals surface area contributed by atoms with Crippen molar-refractivity contribution in [3.8, 4) is 0 Å². The van der Waals surface area contributed by atoms with E-state index in [9.17, 15) is 9.90 Å². The van der Waals surface area contributed by atoms with Crippen LogP contribution < -0.4 is 11.4 Å². The SMILES string of the molecule is Nc1[15n]c(=O)[15n]([13C@H]2[13CH2][13C@H](O)[13C@@H]([13CH2]O)O2)cc1CO. The number of aliphatic hydroxyl groups is 3. The van der Waals surface area contributed by atoms with E-state index in [1.165, 1.54) is 6.20 Å². The van der Waals surface area contributed by atoms with Crippen molar-refractivity contribution >= 4 is 5.82 Å². The highest BCUT2D eigenvalue weighted by Gasteiger charge is 2.35. The van der Waals surface area contributed by atoms with Gasteiger partial charge in [-0.05, 0) is 0 Å². The second-order valence-corrected chi connectivity index (χ2v) is 4.11. The Morgan fingerprint density at radius 2 is 2.28 bits per heavy atom. The fourth-order valence-electron chi connectivity index (χ4n) is 1.90. The molecule has 1 aromatic heterocycles. The van der Waals surface area contributed by atoms with E-state index in [4.69, 9.17) is 20.7 Å². The largest absolute Gasteiger partial charge is 0.394 e. The fourth-order valence-corrected chi connectivity index (χ4v) is 1.90. The summed E-state index contributed by atoms with van der Waals surface area (Å²) < 4.78 is 6.48. The normalized spacial score (nSPS) is 27.6. The molecule has 1 aliphatic heterocycles. The Hall–Kier alpha value is -1.48. The summed E-state index contributed by atoms with van der Waals surface area (Å²) in [6.45, 7) is -0.681. The molecule has 0 radical (unpaired) electrons. The molecule has 100 valence electrons. The molecule has 5 N–H and O–H groups in total. The molecule has 2 rings (SSSR count). The lowest BCUT2D eigenvalue weighted by Gasteiger charge is -2.15. The lowest BCUT2D eigenvalue weighted by atomic mass is 10.3. The molecular formula is C10H15N3O5. The molecule has 1 aliphatic rings. The summed E-state index contributed by atoms with van der Waals surface area (Å²) >= 11 is 0. The number of nitrogens with two attached hydrogens (primary N) is 1. The molecule has 2 heterocycles. The summed E-state index contributed by atoms with van der Waals surface area (Å²) in [5, 5.41) is 27.6. The maximum absolute atomic E-state index is 11.7. The molecule has 3 atom stereocenters. The highest BCUT2D eigenvalue weighted by Crippen LogP contribution is 2.27. The zero-order valence-corrected chi connectivity index (χ0v) is 9.56. The lowest BCUT2D eigenvalue weighted by Crippen LogP contribution is -2.29. The fraction of sp³-hybridized carbons (Fsp3) is 0.600. The zero-order valence-electron chi connectivity index (χ0n) is 9.56. The Labute approximate surface area is 102 Å². The first-order valence-corrected chi connectivity index (χ1v) is 5.49. The van der Waals surface area contributed by atoms with Gasteiger partial charge in [-0.2, -0.15) is 4.98 Å². The molecule has 0 spiro atoms. The van der Waals surface area contributed by atoms with E-state index in [0.29, 0.717) is 5.56 Å². The molecule has 18 heavy (non-hydrogen) atoms. The molecule has 1 aromatic rings. The quantitative estimate of drug-likeness (QED) is 0.462. The molecule has 0 aliphatic carbocycles. The van der Waals surface area contributed by atoms with Gasteiger partial charge in [0.2, 0.25) is 0 Å². The second-order valence-electron chi connectivity index (χ2n) is 4.11. The van der Waals surface area contributed by atoms with E-state index in [0.717, 1.165) is 4.57 Å². The van der Waals surface area contributed by atoms with Gasteiger partial charge in [-0.15, -0.1) is 0 Å². The van der Waals surface area contributed by atoms with Gasteiger partial charge in [0.1, 0.15) is 18.1 Å². The van der Waals surface area contributed by atoms with Gasteiger partial charge in [-0.25, -0.2) is 4.79 Å². The maximum atomic E-state index is 11.7. The van der Waals surface area contributed by atoms with Gasteiger partial charge in [0.15, 0.2) is 0 Å². The van der Waals surface area contributed by atoms with Gasteiger partial charge < -0.3 is 25.8 Å². The van der Waals surface area contributed by atoms with Crippen LogP contribution in [0.4, 0.5) is 5.82 Å². The van der Waals surface area contributed by atoms with Gasteiger partial charge in [0.25, 0.3) is 0 Å². The summed E-state index contributed by atoms with van der Waals surface area (Å²) in [7, 11) is 0. The number of anilines is 1. The molecule has 0 saturated carbocycles. The average molecular weight is 264 g/mol. The van der Waals surface area contributed by atoms with Gasteiger partial charge in [0.05, 0.1) is 19.3 Å². The standard InChI is InChI=1S/C10H15N3O5/c11-9-5(3-14)2-13(10(17)12-9)8-1-6(16)7(4-15)18-8/h2,6-8,14-16H,1,3-4H2,(H2,11,12,17)/t6-,7+,8+/m0/s1/i1+1,4+1,6+1,7+1,8+1,12+1,13+1. The lowest BCUT2D eigenvalue weighted by molar-refractivity contribution is -0.0459. The van der Waals surface area contributed by atoms with E-state index in [2.05, 4.69) is 4.98 Å². The van der Waals surface area contributed by atoms with E-state index in [1.54, 1.807) is 0 Å². The minimum Gasteiger partial charge on any atom is -0.394 e. The van der Waals surface area contributed by atoms with Crippen molar-refractivity contribution in [2.24, 2.45) is 0 Å². The molecule has 0 amide bonds. The van der Waals surface area contributed by atoms with Crippen LogP contribution in [0.3, 0.4) is 0 Å². The van der Waals surface area contributed by atoms with Crippen LogP contribution in [0, 0.1) is 0 Å². The number of rotatable bonds is 3. The topological polar surface area (TPSA) is 131 Å². The molecule has 1 saturated heterocycles. The van der Waals surface area contributed by atoms with Gasteiger partial charge in [0, 0.05) is 18.2 Å². The van der Waals surface area contributed by atoms with Crippen LogP contribution in [-0.2, 0) is 11.3 Å². The van der Waals surface area contributed by atoms with E-state index in [1.807, 2.05) is 0 Å². The Balaban J connectivity index is 2.32. The molecule has 0 aromatic carbocycles. The van der Waals surface area contributed by atoms with Crippen molar-refractivity contribution in [2.75, 3.05) is 12.3 Å². The minimum atomic E-state index is -0.845. The third-order valence-corrected chi connectivity index (χ3v) is 2.93. The van der Waals surface area contributed by atoms with Crippen molar-refractivity contribution < 1.29 is 20.1 Å². The predicted molar refractivity (Wildman–Crippen MR) is 60.5 cm³/mol. The van der Waals surface area contributed by atoms with Gasteiger partial charge in [-0.1, -0.05) is 0 Å². The van der Waals surface area contributed by atoms with Crippen LogP contribution in [0.5, 0.6) is 0 Å². The smallest absolute Gasteiger partial charge is 0.351 e. The Morgan fingerprint density at radius 1 is 1.56 bits per heavy atom.